The number of hydrogen-bond acceptors (Lipinski definition) is 7. The number of thioether (sulfide) groups is 1. The monoisotopic (exact) mass is 407 g/mol. The molecule has 3 aromatic heterocycles. The smallest absolute Gasteiger partial charge is 0.267 e. The predicted octanol–water partition coefficient (Wildman–Crippen LogP) is 4.45. The van der Waals surface area contributed by atoms with Gasteiger partial charge in [-0.2, -0.15) is 4.98 Å². The Hall–Kier alpha value is -3.00. The van der Waals surface area contributed by atoms with Gasteiger partial charge in [-0.25, -0.2) is 14.5 Å². The van der Waals surface area contributed by atoms with Crippen molar-refractivity contribution in [2.75, 3.05) is 0 Å². The van der Waals surface area contributed by atoms with Crippen LogP contribution in [0.5, 0.6) is 0 Å². The van der Waals surface area contributed by atoms with Crippen LogP contribution < -0.4 is 5.56 Å². The molecule has 0 N–H and O–H groups in total. The molecule has 0 saturated heterocycles. The van der Waals surface area contributed by atoms with Crippen molar-refractivity contribution >= 4 is 22.7 Å². The largest absolute Gasteiger partial charge is 0.338 e. The minimum atomic E-state index is -0.182. The lowest BCUT2D eigenvalue weighted by atomic mass is 10.2. The molecule has 0 amide bonds. The Morgan fingerprint density at radius 3 is 2.59 bits per heavy atom. The summed E-state index contributed by atoms with van der Waals surface area (Å²) in [6.07, 6.45) is 1.68. The van der Waals surface area contributed by atoms with Crippen molar-refractivity contribution < 1.29 is 4.52 Å². The summed E-state index contributed by atoms with van der Waals surface area (Å²) >= 11 is 1.40. The maximum atomic E-state index is 13.3. The Kier molecular flexibility index (Phi) is 5.19. The summed E-state index contributed by atoms with van der Waals surface area (Å²) in [4.78, 5) is 27.0. The maximum absolute atomic E-state index is 13.3. The topological polar surface area (TPSA) is 86.7 Å². The molecule has 29 heavy (non-hydrogen) atoms. The van der Waals surface area contributed by atoms with Crippen molar-refractivity contribution in [3.05, 3.63) is 70.2 Å². The number of nitrogens with zero attached hydrogens (tertiary/aromatic N) is 5. The molecule has 0 aliphatic rings. The lowest BCUT2D eigenvalue weighted by Gasteiger charge is -2.15. The number of aryl methyl sites for hydroxylation is 1. The van der Waals surface area contributed by atoms with Crippen LogP contribution in [0.2, 0.25) is 0 Å². The Morgan fingerprint density at radius 2 is 1.86 bits per heavy atom. The van der Waals surface area contributed by atoms with Crippen LogP contribution in [-0.2, 0) is 0 Å². The van der Waals surface area contributed by atoms with Gasteiger partial charge < -0.3 is 4.52 Å². The predicted molar refractivity (Wildman–Crippen MR) is 113 cm³/mol. The van der Waals surface area contributed by atoms with Gasteiger partial charge >= 0.3 is 0 Å². The molecule has 3 heterocycles. The summed E-state index contributed by atoms with van der Waals surface area (Å²) in [5, 5.41) is 4.94. The van der Waals surface area contributed by atoms with E-state index in [1.54, 1.807) is 16.8 Å². The fraction of sp³-hybridized carbons (Fsp3) is 0.286. The fourth-order valence-electron chi connectivity index (χ4n) is 2.95. The Morgan fingerprint density at radius 1 is 1.07 bits per heavy atom. The van der Waals surface area contributed by atoms with Crippen LogP contribution >= 0.6 is 11.8 Å². The van der Waals surface area contributed by atoms with Crippen molar-refractivity contribution in [3.63, 3.8) is 0 Å². The van der Waals surface area contributed by atoms with E-state index in [-0.39, 0.29) is 16.7 Å². The molecule has 7 nitrogen and oxygen atoms in total. The van der Waals surface area contributed by atoms with Gasteiger partial charge in [-0.1, -0.05) is 49.0 Å². The van der Waals surface area contributed by atoms with E-state index in [4.69, 9.17) is 9.51 Å². The molecule has 8 heteroatoms. The Bertz CT molecular complexity index is 1230. The number of pyridine rings is 1. The molecule has 0 unspecified atom stereocenters. The van der Waals surface area contributed by atoms with Gasteiger partial charge in [0.2, 0.25) is 5.89 Å². The zero-order chi connectivity index (χ0) is 20.5. The van der Waals surface area contributed by atoms with Gasteiger partial charge in [0.15, 0.2) is 11.0 Å². The third-order valence-electron chi connectivity index (χ3n) is 4.54. The first-order valence-electron chi connectivity index (χ1n) is 9.39. The zero-order valence-electron chi connectivity index (χ0n) is 16.7. The van der Waals surface area contributed by atoms with Crippen molar-refractivity contribution in [2.45, 2.75) is 44.0 Å². The van der Waals surface area contributed by atoms with Crippen molar-refractivity contribution in [1.82, 2.24) is 24.7 Å². The van der Waals surface area contributed by atoms with Crippen LogP contribution in [-0.4, -0.2) is 24.7 Å². The van der Waals surface area contributed by atoms with Crippen LogP contribution in [0.1, 0.15) is 49.2 Å². The van der Waals surface area contributed by atoms with E-state index in [9.17, 15) is 4.79 Å². The molecule has 0 aliphatic heterocycles. The van der Waals surface area contributed by atoms with E-state index in [1.165, 1.54) is 11.8 Å². The van der Waals surface area contributed by atoms with Crippen LogP contribution in [0.15, 0.2) is 57.1 Å². The first-order valence-corrected chi connectivity index (χ1v) is 10.3. The highest BCUT2D eigenvalue weighted by molar-refractivity contribution is 7.99. The quantitative estimate of drug-likeness (QED) is 0.357. The second-order valence-electron chi connectivity index (χ2n) is 7.10. The van der Waals surface area contributed by atoms with Gasteiger partial charge in [0.25, 0.3) is 5.56 Å². The van der Waals surface area contributed by atoms with Gasteiger partial charge in [-0.05, 0) is 37.6 Å². The SMILES string of the molecule is Cc1cccnc1-n1c(S[C@H](C)c2nc(C(C)C)no2)nc2ccccc2c1=O. The number of hydrogen-bond donors (Lipinski definition) is 0. The van der Waals surface area contributed by atoms with Crippen LogP contribution in [0, 0.1) is 6.92 Å². The summed E-state index contributed by atoms with van der Waals surface area (Å²) in [6, 6.07) is 11.1. The third kappa shape index (κ3) is 3.67. The van der Waals surface area contributed by atoms with E-state index in [0.717, 1.165) is 5.56 Å². The molecule has 0 fully saturated rings. The van der Waals surface area contributed by atoms with Gasteiger partial charge in [-0.3, -0.25) is 4.79 Å². The summed E-state index contributed by atoms with van der Waals surface area (Å²) in [7, 11) is 0. The molecular formula is C21H21N5O2S. The Labute approximate surface area is 172 Å². The summed E-state index contributed by atoms with van der Waals surface area (Å²) in [6.45, 7) is 7.91. The molecule has 0 bridgehead atoms. The average Bonchev–Trinajstić information content (AvgIpc) is 3.20. The molecule has 4 rings (SSSR count). The summed E-state index contributed by atoms with van der Waals surface area (Å²) in [5.74, 6) is 1.92. The number of para-hydroxylation sites is 1. The minimum Gasteiger partial charge on any atom is -0.338 e. The normalized spacial score (nSPS) is 12.6. The standard InChI is InChI=1S/C21H21N5O2S/c1-12(2)17-24-19(28-25-17)14(4)29-21-23-16-10-6-5-9-15(16)20(27)26(21)18-13(3)8-7-11-22-18/h5-12,14H,1-4H3/t14-/m1/s1. The highest BCUT2D eigenvalue weighted by Crippen LogP contribution is 2.34. The van der Waals surface area contributed by atoms with Crippen LogP contribution in [0.25, 0.3) is 16.7 Å². The average molecular weight is 407 g/mol. The molecular weight excluding hydrogens is 386 g/mol. The minimum absolute atomic E-state index is 0.152. The van der Waals surface area contributed by atoms with Gasteiger partial charge in [0, 0.05) is 12.1 Å². The van der Waals surface area contributed by atoms with E-state index in [1.807, 2.05) is 58.0 Å². The van der Waals surface area contributed by atoms with Gasteiger partial charge in [-0.15, -0.1) is 0 Å². The number of rotatable bonds is 5. The highest BCUT2D eigenvalue weighted by atomic mass is 32.2. The molecule has 0 aliphatic carbocycles. The van der Waals surface area contributed by atoms with E-state index >= 15 is 0 Å². The van der Waals surface area contributed by atoms with Gasteiger partial charge in [0.1, 0.15) is 5.82 Å². The first kappa shape index (κ1) is 19.3. The molecule has 0 spiro atoms. The molecule has 4 aromatic rings. The van der Waals surface area contributed by atoms with Crippen molar-refractivity contribution in [2.24, 2.45) is 0 Å². The van der Waals surface area contributed by atoms with Crippen LogP contribution in [0.4, 0.5) is 0 Å². The molecule has 1 atom stereocenters. The lowest BCUT2D eigenvalue weighted by Crippen LogP contribution is -2.23. The van der Waals surface area contributed by atoms with Crippen molar-refractivity contribution in [3.8, 4) is 5.82 Å². The first-order chi connectivity index (χ1) is 14.0. The van der Waals surface area contributed by atoms with E-state index in [2.05, 4.69) is 15.1 Å². The van der Waals surface area contributed by atoms with Crippen molar-refractivity contribution in [1.29, 1.82) is 0 Å². The molecule has 1 aromatic carbocycles. The molecule has 0 radical (unpaired) electrons. The van der Waals surface area contributed by atoms with E-state index in [0.29, 0.717) is 33.6 Å². The zero-order valence-corrected chi connectivity index (χ0v) is 17.5. The van der Waals surface area contributed by atoms with E-state index < -0.39 is 0 Å². The lowest BCUT2D eigenvalue weighted by molar-refractivity contribution is 0.373. The second-order valence-corrected chi connectivity index (χ2v) is 8.41. The number of benzene rings is 1. The summed E-state index contributed by atoms with van der Waals surface area (Å²) < 4.78 is 7.00. The Balaban J connectivity index is 1.85. The molecule has 0 saturated carbocycles. The second kappa shape index (κ2) is 7.79. The number of aromatic nitrogens is 5. The number of fused-ring (bicyclic) bond motifs is 1. The fourth-order valence-corrected chi connectivity index (χ4v) is 3.88. The highest BCUT2D eigenvalue weighted by Gasteiger charge is 2.22. The third-order valence-corrected chi connectivity index (χ3v) is 5.58. The van der Waals surface area contributed by atoms with Crippen LogP contribution in [0.3, 0.4) is 0 Å². The maximum Gasteiger partial charge on any atom is 0.267 e. The van der Waals surface area contributed by atoms with Gasteiger partial charge in [0.05, 0.1) is 16.2 Å². The molecule has 148 valence electrons. The summed E-state index contributed by atoms with van der Waals surface area (Å²) in [5.41, 5.74) is 1.38.